The average molecular weight is 274 g/mol. The van der Waals surface area contributed by atoms with E-state index in [4.69, 9.17) is 4.74 Å². The Labute approximate surface area is 118 Å². The highest BCUT2D eigenvalue weighted by molar-refractivity contribution is 5.69. The first-order valence-corrected chi connectivity index (χ1v) is 7.73. The molecule has 0 spiro atoms. The number of hydrogen-bond donors (Lipinski definition) is 0. The van der Waals surface area contributed by atoms with E-state index in [0.29, 0.717) is 6.42 Å². The summed E-state index contributed by atoms with van der Waals surface area (Å²) in [6.07, 6.45) is 10.3. The van der Waals surface area contributed by atoms with Crippen LogP contribution < -0.4 is 0 Å². The van der Waals surface area contributed by atoms with Crippen molar-refractivity contribution >= 4 is 5.97 Å². The van der Waals surface area contributed by atoms with Gasteiger partial charge in [-0.3, -0.25) is 9.18 Å². The molecule has 0 N–H and O–H groups in total. The number of halogens is 1. The molecule has 0 amide bonds. The summed E-state index contributed by atoms with van der Waals surface area (Å²) in [5.74, 6) is -0.0845. The summed E-state index contributed by atoms with van der Waals surface area (Å²) in [6, 6.07) is 0. The molecule has 3 heteroatoms. The first-order chi connectivity index (χ1) is 8.95. The molecule has 0 rings (SSSR count). The van der Waals surface area contributed by atoms with Crippen LogP contribution in [0.1, 0.15) is 85.0 Å². The number of alkyl halides is 1. The lowest BCUT2D eigenvalue weighted by atomic mass is 10.1. The van der Waals surface area contributed by atoms with E-state index in [1.54, 1.807) is 0 Å². The van der Waals surface area contributed by atoms with Crippen LogP contribution >= 0.6 is 0 Å². The van der Waals surface area contributed by atoms with E-state index in [1.165, 1.54) is 25.7 Å². The quantitative estimate of drug-likeness (QED) is 0.382. The summed E-state index contributed by atoms with van der Waals surface area (Å²) in [6.45, 7) is 5.51. The highest BCUT2D eigenvalue weighted by Gasteiger charge is 2.15. The SMILES string of the molecule is CC(C)(C)OC(=O)CCCCCCCCCCCF. The minimum absolute atomic E-state index is 0.0845. The molecular weight excluding hydrogens is 243 g/mol. The number of carbonyl (C=O) groups excluding carboxylic acids is 1. The molecule has 2 nitrogen and oxygen atoms in total. The van der Waals surface area contributed by atoms with Gasteiger partial charge >= 0.3 is 5.97 Å². The lowest BCUT2D eigenvalue weighted by Gasteiger charge is -2.19. The van der Waals surface area contributed by atoms with Gasteiger partial charge in [0, 0.05) is 6.42 Å². The molecule has 0 aliphatic rings. The molecule has 0 aromatic rings. The van der Waals surface area contributed by atoms with Gasteiger partial charge in [-0.25, -0.2) is 0 Å². The maximum absolute atomic E-state index is 11.8. The summed E-state index contributed by atoms with van der Waals surface area (Å²) < 4.78 is 17.1. The van der Waals surface area contributed by atoms with Crippen molar-refractivity contribution in [2.24, 2.45) is 0 Å². The predicted octanol–water partition coefficient (Wildman–Crippen LogP) is 5.20. The molecule has 0 aliphatic heterocycles. The third kappa shape index (κ3) is 15.3. The highest BCUT2D eigenvalue weighted by Crippen LogP contribution is 2.13. The van der Waals surface area contributed by atoms with Crippen LogP contribution in [0.5, 0.6) is 0 Å². The first-order valence-electron chi connectivity index (χ1n) is 7.73. The van der Waals surface area contributed by atoms with Gasteiger partial charge in [-0.1, -0.05) is 44.9 Å². The topological polar surface area (TPSA) is 26.3 Å². The third-order valence-corrected chi connectivity index (χ3v) is 2.93. The molecule has 0 aromatic heterocycles. The molecule has 0 unspecified atom stereocenters. The summed E-state index contributed by atoms with van der Waals surface area (Å²) in [5.41, 5.74) is -0.364. The molecule has 0 heterocycles. The normalized spacial score (nSPS) is 11.6. The van der Waals surface area contributed by atoms with Crippen LogP contribution in [-0.4, -0.2) is 18.2 Å². The Balaban J connectivity index is 3.21. The second kappa shape index (κ2) is 11.2. The van der Waals surface area contributed by atoms with Crippen molar-refractivity contribution in [2.75, 3.05) is 6.67 Å². The van der Waals surface area contributed by atoms with E-state index < -0.39 is 0 Å². The zero-order valence-corrected chi connectivity index (χ0v) is 13.0. The highest BCUT2D eigenvalue weighted by atomic mass is 19.1. The van der Waals surface area contributed by atoms with Crippen LogP contribution in [0.2, 0.25) is 0 Å². The Bertz CT molecular complexity index is 221. The Morgan fingerprint density at radius 3 is 1.68 bits per heavy atom. The number of esters is 1. The van der Waals surface area contributed by atoms with E-state index in [9.17, 15) is 9.18 Å². The number of ether oxygens (including phenoxy) is 1. The monoisotopic (exact) mass is 274 g/mol. The molecular formula is C16H31FO2. The van der Waals surface area contributed by atoms with Crippen molar-refractivity contribution < 1.29 is 13.9 Å². The minimum Gasteiger partial charge on any atom is -0.460 e. The Morgan fingerprint density at radius 1 is 0.842 bits per heavy atom. The third-order valence-electron chi connectivity index (χ3n) is 2.93. The largest absolute Gasteiger partial charge is 0.460 e. The number of unbranched alkanes of at least 4 members (excludes halogenated alkanes) is 8. The van der Waals surface area contributed by atoms with Crippen molar-refractivity contribution in [1.82, 2.24) is 0 Å². The van der Waals surface area contributed by atoms with Gasteiger partial charge in [-0.15, -0.1) is 0 Å². The van der Waals surface area contributed by atoms with E-state index in [0.717, 1.165) is 32.1 Å². The fourth-order valence-corrected chi connectivity index (χ4v) is 1.99. The fraction of sp³-hybridized carbons (Fsp3) is 0.938. The van der Waals surface area contributed by atoms with Crippen molar-refractivity contribution in [3.05, 3.63) is 0 Å². The Morgan fingerprint density at radius 2 is 1.26 bits per heavy atom. The maximum atomic E-state index is 11.8. The van der Waals surface area contributed by atoms with Gasteiger partial charge in [0.2, 0.25) is 0 Å². The summed E-state index contributed by atoms with van der Waals surface area (Å²) >= 11 is 0. The Hall–Kier alpha value is -0.600. The van der Waals surface area contributed by atoms with Crippen molar-refractivity contribution in [3.63, 3.8) is 0 Å². The molecule has 0 saturated carbocycles. The van der Waals surface area contributed by atoms with Crippen LogP contribution in [0, 0.1) is 0 Å². The lowest BCUT2D eigenvalue weighted by molar-refractivity contribution is -0.154. The maximum Gasteiger partial charge on any atom is 0.306 e. The lowest BCUT2D eigenvalue weighted by Crippen LogP contribution is -2.23. The zero-order valence-electron chi connectivity index (χ0n) is 13.0. The number of hydrogen-bond acceptors (Lipinski definition) is 2. The van der Waals surface area contributed by atoms with Gasteiger partial charge in [0.05, 0.1) is 6.67 Å². The van der Waals surface area contributed by atoms with Crippen molar-refractivity contribution in [2.45, 2.75) is 90.6 Å². The van der Waals surface area contributed by atoms with E-state index in [2.05, 4.69) is 0 Å². The summed E-state index contributed by atoms with van der Waals surface area (Å²) in [4.78, 5) is 11.4. The Kier molecular flexibility index (Phi) is 10.9. The molecule has 0 saturated heterocycles. The van der Waals surface area contributed by atoms with Crippen LogP contribution in [-0.2, 0) is 9.53 Å². The molecule has 114 valence electrons. The standard InChI is InChI=1S/C16H31FO2/c1-16(2,3)19-15(18)13-11-9-7-5-4-6-8-10-12-14-17/h4-14H2,1-3H3. The summed E-state index contributed by atoms with van der Waals surface area (Å²) in [5, 5.41) is 0. The van der Waals surface area contributed by atoms with Crippen LogP contribution in [0.15, 0.2) is 0 Å². The van der Waals surface area contributed by atoms with E-state index in [-0.39, 0.29) is 18.2 Å². The predicted molar refractivity (Wildman–Crippen MR) is 78.0 cm³/mol. The van der Waals surface area contributed by atoms with Crippen LogP contribution in [0.3, 0.4) is 0 Å². The van der Waals surface area contributed by atoms with E-state index in [1.807, 2.05) is 20.8 Å². The first kappa shape index (κ1) is 18.4. The van der Waals surface area contributed by atoms with Gasteiger partial charge in [-0.2, -0.15) is 0 Å². The number of rotatable bonds is 11. The molecule has 0 fully saturated rings. The van der Waals surface area contributed by atoms with Crippen LogP contribution in [0.25, 0.3) is 0 Å². The average Bonchev–Trinajstić information content (AvgIpc) is 2.29. The van der Waals surface area contributed by atoms with Gasteiger partial charge in [0.15, 0.2) is 0 Å². The molecule has 0 aliphatic carbocycles. The smallest absolute Gasteiger partial charge is 0.306 e. The minimum atomic E-state index is -0.364. The van der Waals surface area contributed by atoms with Gasteiger partial charge in [0.25, 0.3) is 0 Å². The fourth-order valence-electron chi connectivity index (χ4n) is 1.99. The second-order valence-electron chi connectivity index (χ2n) is 6.21. The van der Waals surface area contributed by atoms with Gasteiger partial charge in [0.1, 0.15) is 5.60 Å². The zero-order chi connectivity index (χ0) is 14.6. The second-order valence-corrected chi connectivity index (χ2v) is 6.21. The van der Waals surface area contributed by atoms with Crippen LogP contribution in [0.4, 0.5) is 4.39 Å². The van der Waals surface area contributed by atoms with E-state index >= 15 is 0 Å². The van der Waals surface area contributed by atoms with Crippen molar-refractivity contribution in [3.8, 4) is 0 Å². The molecule has 0 radical (unpaired) electrons. The molecule has 0 atom stereocenters. The van der Waals surface area contributed by atoms with Gasteiger partial charge < -0.3 is 4.74 Å². The van der Waals surface area contributed by atoms with Gasteiger partial charge in [-0.05, 0) is 33.6 Å². The molecule has 19 heavy (non-hydrogen) atoms. The number of carbonyl (C=O) groups is 1. The summed E-state index contributed by atoms with van der Waals surface area (Å²) in [7, 11) is 0. The molecule has 0 bridgehead atoms. The molecule has 0 aromatic carbocycles. The van der Waals surface area contributed by atoms with Crippen molar-refractivity contribution in [1.29, 1.82) is 0 Å².